The van der Waals surface area contributed by atoms with Gasteiger partial charge in [0, 0.05) is 66.2 Å². The summed E-state index contributed by atoms with van der Waals surface area (Å²) in [6.45, 7) is 0.682. The molecule has 1 fully saturated rings. The van der Waals surface area contributed by atoms with Gasteiger partial charge in [-0.3, -0.25) is 20.0 Å². The monoisotopic (exact) mass is 430 g/mol. The number of H-pyrrole nitrogens is 2. The second-order valence-electron chi connectivity index (χ2n) is 8.38. The van der Waals surface area contributed by atoms with Crippen LogP contribution in [0.2, 0.25) is 0 Å². The maximum Gasteiger partial charge on any atom is 0.261 e. The van der Waals surface area contributed by atoms with E-state index < -0.39 is 5.92 Å². The Morgan fingerprint density at radius 1 is 0.969 bits per heavy atom. The second kappa shape index (κ2) is 7.20. The first-order chi connectivity index (χ1) is 15.5. The predicted octanol–water partition coefficient (Wildman–Crippen LogP) is 5.01. The first-order valence-corrected chi connectivity index (χ1v) is 10.5. The minimum Gasteiger partial charge on any atom is -0.353 e. The van der Waals surface area contributed by atoms with Crippen molar-refractivity contribution in [1.82, 2.24) is 30.0 Å². The van der Waals surface area contributed by atoms with E-state index in [-0.39, 0.29) is 13.0 Å². The number of aromatic amines is 2. The zero-order chi connectivity index (χ0) is 21.7. The highest BCUT2D eigenvalue weighted by Crippen LogP contribution is 2.32. The molecule has 0 amide bonds. The molecule has 0 aliphatic carbocycles. The van der Waals surface area contributed by atoms with Crippen molar-refractivity contribution in [2.24, 2.45) is 0 Å². The fraction of sp³-hybridized carbons (Fsp3) is 0.208. The maximum absolute atomic E-state index is 13.5. The Morgan fingerprint density at radius 2 is 1.91 bits per heavy atom. The first kappa shape index (κ1) is 19.1. The molecule has 0 bridgehead atoms. The highest BCUT2D eigenvalue weighted by Gasteiger charge is 2.37. The summed E-state index contributed by atoms with van der Waals surface area (Å²) in [5.74, 6) is -2.59. The molecule has 1 saturated heterocycles. The quantitative estimate of drug-likeness (QED) is 0.420. The van der Waals surface area contributed by atoms with Gasteiger partial charge in [-0.2, -0.15) is 5.10 Å². The number of nitrogens with one attached hydrogen (secondary N) is 2. The Bertz CT molecular complexity index is 1400. The lowest BCUT2D eigenvalue weighted by Gasteiger charge is -2.15. The van der Waals surface area contributed by atoms with Crippen LogP contribution < -0.4 is 0 Å². The van der Waals surface area contributed by atoms with Crippen molar-refractivity contribution < 1.29 is 8.78 Å². The standard InChI is InChI=1S/C24H20F2N6/c25-24(26)4-6-32(14-24)13-15-7-17(11-28-10-15)16-1-2-21-19(8-16)23(31-30-21)22-9-18-12-27-5-3-20(18)29-22/h1-3,5,7-12,29H,4,6,13-14H2,(H,30,31). The number of halogens is 2. The van der Waals surface area contributed by atoms with Crippen molar-refractivity contribution in [3.05, 3.63) is 66.7 Å². The molecular weight excluding hydrogens is 410 g/mol. The summed E-state index contributed by atoms with van der Waals surface area (Å²) in [5, 5.41) is 9.64. The molecule has 1 aliphatic rings. The number of pyridine rings is 2. The third kappa shape index (κ3) is 3.42. The van der Waals surface area contributed by atoms with E-state index in [0.717, 1.165) is 49.9 Å². The van der Waals surface area contributed by atoms with Crippen LogP contribution in [-0.4, -0.2) is 49.1 Å². The lowest BCUT2D eigenvalue weighted by atomic mass is 10.0. The van der Waals surface area contributed by atoms with Gasteiger partial charge in [0.05, 0.1) is 17.8 Å². The van der Waals surface area contributed by atoms with Gasteiger partial charge in [0.15, 0.2) is 0 Å². The molecule has 0 radical (unpaired) electrons. The molecule has 0 atom stereocenters. The largest absolute Gasteiger partial charge is 0.353 e. The molecule has 5 heterocycles. The molecule has 2 N–H and O–H groups in total. The lowest BCUT2D eigenvalue weighted by molar-refractivity contribution is 0.0115. The average Bonchev–Trinajstić information content (AvgIpc) is 3.49. The van der Waals surface area contributed by atoms with Crippen LogP contribution in [0.5, 0.6) is 0 Å². The summed E-state index contributed by atoms with van der Waals surface area (Å²) >= 11 is 0. The van der Waals surface area contributed by atoms with Gasteiger partial charge in [0.25, 0.3) is 5.92 Å². The summed E-state index contributed by atoms with van der Waals surface area (Å²) in [4.78, 5) is 13.7. The molecule has 6 rings (SSSR count). The molecule has 5 aromatic rings. The van der Waals surface area contributed by atoms with E-state index in [1.54, 1.807) is 23.5 Å². The third-order valence-electron chi connectivity index (χ3n) is 6.02. The number of hydrogen-bond acceptors (Lipinski definition) is 4. The van der Waals surface area contributed by atoms with Crippen LogP contribution in [0, 0.1) is 0 Å². The van der Waals surface area contributed by atoms with Crippen LogP contribution in [0.15, 0.2) is 61.2 Å². The van der Waals surface area contributed by atoms with Crippen LogP contribution in [0.1, 0.15) is 12.0 Å². The highest BCUT2D eigenvalue weighted by atomic mass is 19.3. The van der Waals surface area contributed by atoms with Gasteiger partial charge >= 0.3 is 0 Å². The first-order valence-electron chi connectivity index (χ1n) is 10.5. The Labute approximate surface area is 182 Å². The van der Waals surface area contributed by atoms with Crippen LogP contribution in [0.25, 0.3) is 44.3 Å². The molecule has 6 nitrogen and oxygen atoms in total. The van der Waals surface area contributed by atoms with Gasteiger partial charge < -0.3 is 4.98 Å². The fourth-order valence-electron chi connectivity index (χ4n) is 4.43. The topological polar surface area (TPSA) is 73.5 Å². The molecule has 0 unspecified atom stereocenters. The summed E-state index contributed by atoms with van der Waals surface area (Å²) in [5.41, 5.74) is 6.56. The van der Waals surface area contributed by atoms with E-state index in [2.05, 4.69) is 31.2 Å². The zero-order valence-corrected chi connectivity index (χ0v) is 17.1. The van der Waals surface area contributed by atoms with E-state index in [1.165, 1.54) is 0 Å². The number of fused-ring (bicyclic) bond motifs is 2. The van der Waals surface area contributed by atoms with Crippen LogP contribution in [0.3, 0.4) is 0 Å². The lowest BCUT2D eigenvalue weighted by Crippen LogP contribution is -2.24. The van der Waals surface area contributed by atoms with Crippen molar-refractivity contribution in [2.75, 3.05) is 13.1 Å². The molecule has 1 aromatic carbocycles. The van der Waals surface area contributed by atoms with E-state index in [4.69, 9.17) is 0 Å². The van der Waals surface area contributed by atoms with Crippen molar-refractivity contribution in [3.8, 4) is 22.5 Å². The molecule has 8 heteroatoms. The molecule has 4 aromatic heterocycles. The minimum atomic E-state index is -2.59. The van der Waals surface area contributed by atoms with Gasteiger partial charge in [-0.1, -0.05) is 6.07 Å². The number of likely N-dealkylation sites (tertiary alicyclic amines) is 1. The van der Waals surface area contributed by atoms with Crippen LogP contribution in [-0.2, 0) is 6.54 Å². The minimum absolute atomic E-state index is 0.0795. The number of alkyl halides is 2. The zero-order valence-electron chi connectivity index (χ0n) is 17.1. The van der Waals surface area contributed by atoms with E-state index >= 15 is 0 Å². The van der Waals surface area contributed by atoms with Gasteiger partial charge in [0.2, 0.25) is 0 Å². The summed E-state index contributed by atoms with van der Waals surface area (Å²) < 4.78 is 27.1. The SMILES string of the molecule is FC1(F)CCN(Cc2cncc(-c3ccc4[nH]nc(-c5cc6cnccc6[nH]5)c4c3)c2)C1. The smallest absolute Gasteiger partial charge is 0.261 e. The predicted molar refractivity (Wildman–Crippen MR) is 119 cm³/mol. The number of hydrogen-bond donors (Lipinski definition) is 2. The highest BCUT2D eigenvalue weighted by molar-refractivity contribution is 5.97. The van der Waals surface area contributed by atoms with Gasteiger partial charge in [-0.15, -0.1) is 0 Å². The number of aromatic nitrogens is 5. The summed E-state index contributed by atoms with van der Waals surface area (Å²) in [6.07, 6.45) is 7.05. The van der Waals surface area contributed by atoms with Crippen molar-refractivity contribution in [2.45, 2.75) is 18.9 Å². The fourth-order valence-corrected chi connectivity index (χ4v) is 4.43. The number of rotatable bonds is 4. The normalized spacial score (nSPS) is 16.3. The van der Waals surface area contributed by atoms with Gasteiger partial charge in [0.1, 0.15) is 5.69 Å². The van der Waals surface area contributed by atoms with Gasteiger partial charge in [-0.05, 0) is 41.5 Å². The van der Waals surface area contributed by atoms with E-state index in [9.17, 15) is 8.78 Å². The Kier molecular flexibility index (Phi) is 4.29. The van der Waals surface area contributed by atoms with Crippen LogP contribution >= 0.6 is 0 Å². The molecule has 0 saturated carbocycles. The van der Waals surface area contributed by atoms with Crippen molar-refractivity contribution in [1.29, 1.82) is 0 Å². The Morgan fingerprint density at radius 3 is 2.75 bits per heavy atom. The summed E-state index contributed by atoms with van der Waals surface area (Å²) in [7, 11) is 0. The summed E-state index contributed by atoms with van der Waals surface area (Å²) in [6, 6.07) is 12.1. The average molecular weight is 430 g/mol. The molecule has 32 heavy (non-hydrogen) atoms. The maximum atomic E-state index is 13.5. The third-order valence-corrected chi connectivity index (χ3v) is 6.02. The van der Waals surface area contributed by atoms with E-state index in [1.807, 2.05) is 36.5 Å². The molecular formula is C24H20F2N6. The van der Waals surface area contributed by atoms with Crippen molar-refractivity contribution in [3.63, 3.8) is 0 Å². The Hall–Kier alpha value is -3.65. The van der Waals surface area contributed by atoms with Crippen molar-refractivity contribution >= 4 is 21.8 Å². The number of benzene rings is 1. The molecule has 160 valence electrons. The number of nitrogens with zero attached hydrogens (tertiary/aromatic N) is 4. The van der Waals surface area contributed by atoms with Crippen LogP contribution in [0.4, 0.5) is 8.78 Å². The Balaban J connectivity index is 1.34. The van der Waals surface area contributed by atoms with Gasteiger partial charge in [-0.25, -0.2) is 8.78 Å². The van der Waals surface area contributed by atoms with E-state index in [0.29, 0.717) is 13.1 Å². The molecule has 1 aliphatic heterocycles. The molecule has 0 spiro atoms. The second-order valence-corrected chi connectivity index (χ2v) is 8.38.